The zero-order valence-corrected chi connectivity index (χ0v) is 16.5. The fourth-order valence-electron chi connectivity index (χ4n) is 2.64. The van der Waals surface area contributed by atoms with Crippen LogP contribution in [0.5, 0.6) is 23.0 Å². The molecule has 0 bridgehead atoms. The van der Waals surface area contributed by atoms with E-state index in [1.54, 1.807) is 0 Å². The summed E-state index contributed by atoms with van der Waals surface area (Å²) in [6.45, 7) is -7.16. The summed E-state index contributed by atoms with van der Waals surface area (Å²) in [4.78, 5) is 24.3. The van der Waals surface area contributed by atoms with Crippen LogP contribution in [0.1, 0.15) is 37.0 Å². The topological polar surface area (TPSA) is 129 Å². The van der Waals surface area contributed by atoms with Gasteiger partial charge in [0.1, 0.15) is 5.82 Å². The van der Waals surface area contributed by atoms with E-state index in [1.165, 1.54) is 0 Å². The Kier molecular flexibility index (Phi) is 2.58. The number of carbonyl (C=O) groups is 1. The van der Waals surface area contributed by atoms with Crippen LogP contribution in [-0.4, -0.2) is 47.6 Å². The van der Waals surface area contributed by atoms with E-state index >= 15 is 0 Å². The van der Waals surface area contributed by atoms with E-state index in [9.17, 15) is 9.18 Å². The second-order valence-corrected chi connectivity index (χ2v) is 6.37. The van der Waals surface area contributed by atoms with Gasteiger partial charge in [-0.25, -0.2) is 14.4 Å². The van der Waals surface area contributed by atoms with Crippen molar-refractivity contribution in [2.75, 3.05) is 37.1 Å². The van der Waals surface area contributed by atoms with E-state index in [0.717, 1.165) is 12.1 Å². The highest BCUT2D eigenvalue weighted by molar-refractivity contribution is 5.99. The largest absolute Gasteiger partial charge is 0.493 e. The van der Waals surface area contributed by atoms with Crippen molar-refractivity contribution in [1.82, 2.24) is 15.0 Å². The summed E-state index contributed by atoms with van der Waals surface area (Å²) in [7, 11) is -9.67. The van der Waals surface area contributed by atoms with Gasteiger partial charge in [-0.15, -0.1) is 0 Å². The van der Waals surface area contributed by atoms with Gasteiger partial charge >= 0.3 is 0 Å². The first-order valence-corrected chi connectivity index (χ1v) is 8.85. The van der Waals surface area contributed by atoms with Crippen molar-refractivity contribution in [2.24, 2.45) is 0 Å². The Balaban J connectivity index is 1.74. The molecule has 1 aliphatic heterocycles. The Labute approximate surface area is 218 Å². The lowest BCUT2D eigenvalue weighted by atomic mass is 10.1. The second kappa shape index (κ2) is 8.89. The van der Waals surface area contributed by atoms with Gasteiger partial charge < -0.3 is 34.9 Å². The van der Waals surface area contributed by atoms with Crippen molar-refractivity contribution < 1.29 is 51.4 Å². The van der Waals surface area contributed by atoms with Crippen LogP contribution < -0.4 is 34.9 Å². The minimum Gasteiger partial charge on any atom is -0.493 e. The monoisotopic (exact) mass is 487 g/mol. The molecule has 0 unspecified atom stereocenters. The summed E-state index contributed by atoms with van der Waals surface area (Å²) in [5, 5.41) is 6.71. The maximum atomic E-state index is 14.9. The molecule has 3 N–H and O–H groups in total. The lowest BCUT2D eigenvalue weighted by molar-refractivity contribution is -0.129. The van der Waals surface area contributed by atoms with Crippen LogP contribution in [-0.2, 0) is 4.79 Å². The number of carbonyl (C=O) groups excluding carboxylic acids is 1. The number of nitrogens with zero attached hydrogens (tertiary/aromatic N) is 3. The number of anilines is 5. The molecule has 11 nitrogen and oxygen atoms in total. The highest BCUT2D eigenvalue weighted by Crippen LogP contribution is 2.40. The molecule has 0 fully saturated rings. The number of aromatic nitrogens is 3. The molecule has 1 amide bonds. The predicted octanol–water partition coefficient (Wildman–Crippen LogP) is 3.63. The molecule has 0 atom stereocenters. The highest BCUT2D eigenvalue weighted by Gasteiger charge is 2.36. The van der Waals surface area contributed by atoms with E-state index in [1.807, 2.05) is 5.32 Å². The number of nitrogens with one attached hydrogen (secondary N) is 3. The van der Waals surface area contributed by atoms with Crippen molar-refractivity contribution in [3.63, 3.8) is 0 Å². The van der Waals surface area contributed by atoms with E-state index in [4.69, 9.17) is 42.3 Å². The number of amides is 1. The van der Waals surface area contributed by atoms with E-state index < -0.39 is 111 Å². The summed E-state index contributed by atoms with van der Waals surface area (Å²) >= 11 is 0. The molecule has 2 aromatic heterocycles. The Hall–Kier alpha value is -4.35. The summed E-state index contributed by atoms with van der Waals surface area (Å²) in [6.07, 6.45) is 0.582. The fraction of sp³-hybridized carbons (Fsp3) is 0.273. The summed E-state index contributed by atoms with van der Waals surface area (Å²) in [5.74, 6) is -8.96. The highest BCUT2D eigenvalue weighted by atomic mass is 19.1. The van der Waals surface area contributed by atoms with Crippen LogP contribution >= 0.6 is 0 Å². The molecule has 0 saturated heterocycles. The molecule has 0 aliphatic carbocycles. The number of hydrogen-bond acceptors (Lipinski definition) is 10. The quantitative estimate of drug-likeness (QED) is 0.454. The Morgan fingerprint density at radius 3 is 2.59 bits per heavy atom. The second-order valence-electron chi connectivity index (χ2n) is 6.37. The summed E-state index contributed by atoms with van der Waals surface area (Å²) in [5.41, 5.74) is -3.78. The third-order valence-electron chi connectivity index (χ3n) is 4.12. The van der Waals surface area contributed by atoms with Crippen LogP contribution in [0.3, 0.4) is 0 Å². The molecule has 3 heterocycles. The molecule has 34 heavy (non-hydrogen) atoms. The molecule has 0 spiro atoms. The molecule has 1 aromatic carbocycles. The molecule has 0 saturated carbocycles. The third-order valence-corrected chi connectivity index (χ3v) is 4.12. The van der Waals surface area contributed by atoms with Gasteiger partial charge in [0.25, 0.3) is 5.91 Å². The van der Waals surface area contributed by atoms with E-state index in [2.05, 4.69) is 25.6 Å². The van der Waals surface area contributed by atoms with E-state index in [0.29, 0.717) is 6.20 Å². The number of halogens is 1. The van der Waals surface area contributed by atoms with Crippen molar-refractivity contribution in [2.45, 2.75) is 19.3 Å². The number of fused-ring (bicyclic) bond motifs is 1. The van der Waals surface area contributed by atoms with Gasteiger partial charge in [0, 0.05) is 26.0 Å². The standard InChI is InChI=1S/C22H23FN6O5/c1-22(2)20(30)28-19-13(34-22)6-7-16(27-19)26-18-12(23)10-24-21(29-18)25-11-8-14(31-3)17(33-5)15(9-11)32-4/h6-10H,1-5H3,(H3,24,25,26,27,28,29,30)/i1D3,2D3,3D3,4D3,5D3,6D,7D. The van der Waals surface area contributed by atoms with Gasteiger partial charge in [-0.1, -0.05) is 0 Å². The summed E-state index contributed by atoms with van der Waals surface area (Å²) < 4.78 is 164. The molecular weight excluding hydrogens is 447 g/mol. The predicted molar refractivity (Wildman–Crippen MR) is 122 cm³/mol. The van der Waals surface area contributed by atoms with Crippen LogP contribution in [0.15, 0.2) is 30.4 Å². The van der Waals surface area contributed by atoms with Crippen LogP contribution in [0.25, 0.3) is 0 Å². The zero-order valence-electron chi connectivity index (χ0n) is 33.5. The van der Waals surface area contributed by atoms with Crippen LogP contribution in [0.4, 0.5) is 33.5 Å². The molecule has 178 valence electrons. The fourth-order valence-corrected chi connectivity index (χ4v) is 2.64. The molecule has 1 aliphatic rings. The smallest absolute Gasteiger partial charge is 0.269 e. The number of pyridine rings is 1. The lowest BCUT2D eigenvalue weighted by Gasteiger charge is -2.30. The normalized spacial score (nSPS) is 23.0. The SMILES string of the molecule is [2H]c1c(Nc2nc(Nc3cc(OC([2H])([2H])[2H])c(OC([2H])([2H])[2H])c(OC([2H])([2H])[2H])c3)ncc2F)nc2c(c1[2H])OC(C([2H])([2H])[2H])(C([2H])([2H])[2H])C(=O)N2. The third kappa shape index (κ3) is 4.42. The molecule has 0 radical (unpaired) electrons. The average molecular weight is 488 g/mol. The van der Waals surface area contributed by atoms with Crippen molar-refractivity contribution >= 4 is 35.0 Å². The van der Waals surface area contributed by atoms with Gasteiger partial charge in [-0.05, 0) is 25.8 Å². The van der Waals surface area contributed by atoms with Gasteiger partial charge in [0.05, 0.1) is 42.4 Å². The van der Waals surface area contributed by atoms with Gasteiger partial charge in [0.2, 0.25) is 11.7 Å². The van der Waals surface area contributed by atoms with Crippen LogP contribution in [0, 0.1) is 5.82 Å². The Morgan fingerprint density at radius 1 is 1.12 bits per heavy atom. The Bertz CT molecular complexity index is 1790. The van der Waals surface area contributed by atoms with Gasteiger partial charge in [-0.3, -0.25) is 4.79 Å². The van der Waals surface area contributed by atoms with Gasteiger partial charge in [-0.2, -0.15) is 4.98 Å². The minimum absolute atomic E-state index is 0.308. The van der Waals surface area contributed by atoms with E-state index in [-0.39, 0.29) is 5.69 Å². The first-order chi connectivity index (χ1) is 23.0. The molecule has 12 heteroatoms. The van der Waals surface area contributed by atoms with Crippen molar-refractivity contribution in [3.05, 3.63) is 36.2 Å². The minimum atomic E-state index is -3.58. The maximum absolute atomic E-state index is 14.9. The number of hydrogen-bond donors (Lipinski definition) is 3. The number of rotatable bonds is 7. The first kappa shape index (κ1) is 9.87. The van der Waals surface area contributed by atoms with Gasteiger partial charge in [0.15, 0.2) is 40.3 Å². The zero-order chi connectivity index (χ0) is 38.7. The van der Waals surface area contributed by atoms with Crippen molar-refractivity contribution in [1.29, 1.82) is 0 Å². The number of methoxy groups -OCH3 is 3. The molecular formula is C22H23FN6O5. The van der Waals surface area contributed by atoms with Crippen LogP contribution in [0.2, 0.25) is 0 Å². The molecule has 4 rings (SSSR count). The lowest BCUT2D eigenvalue weighted by Crippen LogP contribution is -2.46. The summed E-state index contributed by atoms with van der Waals surface area (Å²) in [6, 6.07) is -0.165. The maximum Gasteiger partial charge on any atom is 0.269 e. The first-order valence-electron chi connectivity index (χ1n) is 17.3. The average Bonchev–Trinajstić information content (AvgIpc) is 2.91. The molecule has 3 aromatic rings. The Morgan fingerprint density at radius 2 is 1.88 bits per heavy atom. The number of ether oxygens (including phenoxy) is 4. The van der Waals surface area contributed by atoms with Crippen molar-refractivity contribution in [3.8, 4) is 23.0 Å². The number of benzene rings is 1.